The second-order valence-electron chi connectivity index (χ2n) is 4.02. The van der Waals surface area contributed by atoms with Gasteiger partial charge < -0.3 is 15.3 Å². The van der Waals surface area contributed by atoms with E-state index >= 15 is 0 Å². The molecule has 0 saturated carbocycles. The first kappa shape index (κ1) is 13.6. The number of hydrogen-bond donors (Lipinski definition) is 2. The largest absolute Gasteiger partial charge is 0.395 e. The van der Waals surface area contributed by atoms with Crippen molar-refractivity contribution in [2.24, 2.45) is 0 Å². The molecule has 0 aliphatic carbocycles. The third kappa shape index (κ3) is 3.34. The minimum absolute atomic E-state index is 0.00666. The lowest BCUT2D eigenvalue weighted by Crippen LogP contribution is -2.49. The van der Waals surface area contributed by atoms with Crippen LogP contribution in [0.4, 0.5) is 0 Å². The predicted octanol–water partition coefficient (Wildman–Crippen LogP) is 0.0540. The zero-order valence-corrected chi connectivity index (χ0v) is 11.1. The van der Waals surface area contributed by atoms with E-state index in [-0.39, 0.29) is 25.0 Å². The fourth-order valence-corrected chi connectivity index (χ4v) is 2.56. The molecule has 0 aromatic carbocycles. The minimum Gasteiger partial charge on any atom is -0.395 e. The summed E-state index contributed by atoms with van der Waals surface area (Å²) in [4.78, 5) is 25.7. The van der Waals surface area contributed by atoms with Crippen LogP contribution in [-0.2, 0) is 4.79 Å². The lowest BCUT2D eigenvalue weighted by molar-refractivity contribution is -0.123. The molecule has 1 aliphatic rings. The number of piperazine rings is 1. The summed E-state index contributed by atoms with van der Waals surface area (Å²) in [5, 5.41) is 13.2. The molecule has 2 rings (SSSR count). The number of aliphatic hydroxyl groups excluding tert-OH is 1. The molecule has 1 fully saturated rings. The maximum Gasteiger partial charge on any atom is 0.265 e. The van der Waals surface area contributed by atoms with Gasteiger partial charge in [-0.05, 0) is 11.4 Å². The maximum absolute atomic E-state index is 12.3. The number of nitrogens with one attached hydrogen (secondary N) is 1. The number of thiophene rings is 1. The summed E-state index contributed by atoms with van der Waals surface area (Å²) in [7, 11) is 0. The van der Waals surface area contributed by atoms with E-state index in [1.54, 1.807) is 11.4 Å². The molecule has 2 N–H and O–H groups in total. The first-order chi connectivity index (χ1) is 9.22. The van der Waals surface area contributed by atoms with Gasteiger partial charge in [0.15, 0.2) is 0 Å². The number of hydrogen-bond acceptors (Lipinski definition) is 4. The Morgan fingerprint density at radius 3 is 3.16 bits per heavy atom. The Labute approximate surface area is 115 Å². The van der Waals surface area contributed by atoms with Gasteiger partial charge >= 0.3 is 0 Å². The highest BCUT2D eigenvalue weighted by Crippen LogP contribution is 2.18. The van der Waals surface area contributed by atoms with E-state index in [1.807, 2.05) is 0 Å². The van der Waals surface area contributed by atoms with Crippen molar-refractivity contribution in [3.05, 3.63) is 21.9 Å². The van der Waals surface area contributed by atoms with E-state index in [1.165, 1.54) is 16.2 Å². The van der Waals surface area contributed by atoms with Gasteiger partial charge in [-0.3, -0.25) is 9.59 Å². The van der Waals surface area contributed by atoms with Crippen LogP contribution in [-0.4, -0.2) is 48.1 Å². The summed E-state index contributed by atoms with van der Waals surface area (Å²) in [6.07, 6.45) is 0.385. The highest BCUT2D eigenvalue weighted by molar-refractivity contribution is 7.12. The standard InChI is InChI=1S/C13H14N2O3S/c16-7-2-1-3-10-4-8-19-12(10)13(18)15-6-5-14-11(17)9-15/h4,8,16H,2,5-7,9H2,(H,14,17). The summed E-state index contributed by atoms with van der Waals surface area (Å²) in [6.45, 7) is 1.11. The van der Waals surface area contributed by atoms with Gasteiger partial charge in [0.1, 0.15) is 4.88 Å². The molecule has 5 nitrogen and oxygen atoms in total. The fourth-order valence-electron chi connectivity index (χ4n) is 1.74. The lowest BCUT2D eigenvalue weighted by atomic mass is 10.2. The van der Waals surface area contributed by atoms with Gasteiger partial charge in [0.25, 0.3) is 5.91 Å². The molecule has 1 aromatic rings. The third-order valence-electron chi connectivity index (χ3n) is 2.64. The van der Waals surface area contributed by atoms with E-state index in [0.717, 1.165) is 0 Å². The van der Waals surface area contributed by atoms with Crippen molar-refractivity contribution in [1.29, 1.82) is 0 Å². The van der Waals surface area contributed by atoms with Gasteiger partial charge in [0.05, 0.1) is 13.2 Å². The SMILES string of the molecule is O=C1CN(C(=O)c2sccc2C#CCCO)CCN1. The number of rotatable bonds is 2. The van der Waals surface area contributed by atoms with E-state index < -0.39 is 0 Å². The molecule has 2 heterocycles. The monoisotopic (exact) mass is 278 g/mol. The summed E-state index contributed by atoms with van der Waals surface area (Å²) >= 11 is 1.32. The predicted molar refractivity (Wildman–Crippen MR) is 71.8 cm³/mol. The lowest BCUT2D eigenvalue weighted by Gasteiger charge is -2.26. The number of carbonyl (C=O) groups is 2. The molecule has 0 atom stereocenters. The molecule has 1 saturated heterocycles. The van der Waals surface area contributed by atoms with E-state index in [4.69, 9.17) is 5.11 Å². The van der Waals surface area contributed by atoms with Crippen LogP contribution in [0.15, 0.2) is 11.4 Å². The summed E-state index contributed by atoms with van der Waals surface area (Å²) in [6, 6.07) is 1.78. The second kappa shape index (κ2) is 6.36. The van der Waals surface area contributed by atoms with Gasteiger partial charge in [0, 0.05) is 25.1 Å². The molecule has 0 unspecified atom stereocenters. The van der Waals surface area contributed by atoms with Crippen LogP contribution in [0.2, 0.25) is 0 Å². The van der Waals surface area contributed by atoms with E-state index in [2.05, 4.69) is 17.2 Å². The third-order valence-corrected chi connectivity index (χ3v) is 3.55. The number of carbonyl (C=O) groups excluding carboxylic acids is 2. The smallest absolute Gasteiger partial charge is 0.265 e. The van der Waals surface area contributed by atoms with Gasteiger partial charge in [-0.15, -0.1) is 11.3 Å². The molecule has 0 bridgehead atoms. The second-order valence-corrected chi connectivity index (χ2v) is 4.93. The molecule has 1 aromatic heterocycles. The minimum atomic E-state index is -0.154. The fraction of sp³-hybridized carbons (Fsp3) is 0.385. The Kier molecular flexibility index (Phi) is 4.55. The van der Waals surface area contributed by atoms with Crippen LogP contribution in [0.1, 0.15) is 21.7 Å². The van der Waals surface area contributed by atoms with Crippen LogP contribution >= 0.6 is 11.3 Å². The average molecular weight is 278 g/mol. The number of amides is 2. The zero-order chi connectivity index (χ0) is 13.7. The van der Waals surface area contributed by atoms with E-state index in [0.29, 0.717) is 30.0 Å². The van der Waals surface area contributed by atoms with Crippen LogP contribution in [0.5, 0.6) is 0 Å². The number of nitrogens with zero attached hydrogens (tertiary/aromatic N) is 1. The molecule has 0 radical (unpaired) electrons. The Morgan fingerprint density at radius 1 is 1.58 bits per heavy atom. The zero-order valence-electron chi connectivity index (χ0n) is 10.3. The van der Waals surface area contributed by atoms with Gasteiger partial charge in [-0.2, -0.15) is 0 Å². The molecule has 6 heteroatoms. The van der Waals surface area contributed by atoms with Crippen LogP contribution in [0.25, 0.3) is 0 Å². The highest BCUT2D eigenvalue weighted by atomic mass is 32.1. The normalized spacial score (nSPS) is 14.6. The van der Waals surface area contributed by atoms with Crippen LogP contribution in [0, 0.1) is 11.8 Å². The van der Waals surface area contributed by atoms with Crippen molar-refractivity contribution in [2.75, 3.05) is 26.2 Å². The summed E-state index contributed by atoms with van der Waals surface area (Å²) in [5.74, 6) is 5.39. The van der Waals surface area contributed by atoms with Crippen LogP contribution < -0.4 is 5.32 Å². The maximum atomic E-state index is 12.3. The summed E-state index contributed by atoms with van der Waals surface area (Å²) in [5.41, 5.74) is 0.662. The highest BCUT2D eigenvalue weighted by Gasteiger charge is 2.24. The van der Waals surface area contributed by atoms with Crippen molar-refractivity contribution in [2.45, 2.75) is 6.42 Å². The molecular formula is C13H14N2O3S. The van der Waals surface area contributed by atoms with Crippen molar-refractivity contribution < 1.29 is 14.7 Å². The topological polar surface area (TPSA) is 69.6 Å². The van der Waals surface area contributed by atoms with Gasteiger partial charge in [-0.25, -0.2) is 0 Å². The van der Waals surface area contributed by atoms with Crippen molar-refractivity contribution in [3.63, 3.8) is 0 Å². The Bertz CT molecular complexity index is 542. The van der Waals surface area contributed by atoms with Crippen molar-refractivity contribution >= 4 is 23.2 Å². The van der Waals surface area contributed by atoms with Gasteiger partial charge in [0.2, 0.25) is 5.91 Å². The Morgan fingerprint density at radius 2 is 2.42 bits per heavy atom. The average Bonchev–Trinajstić information content (AvgIpc) is 2.86. The molecule has 1 aliphatic heterocycles. The van der Waals surface area contributed by atoms with Gasteiger partial charge in [-0.1, -0.05) is 11.8 Å². The first-order valence-corrected chi connectivity index (χ1v) is 6.83. The Balaban J connectivity index is 2.13. The molecular weight excluding hydrogens is 264 g/mol. The Hall–Kier alpha value is -1.84. The van der Waals surface area contributed by atoms with E-state index in [9.17, 15) is 9.59 Å². The molecule has 0 spiro atoms. The molecule has 100 valence electrons. The molecule has 19 heavy (non-hydrogen) atoms. The van der Waals surface area contributed by atoms with Crippen molar-refractivity contribution in [1.82, 2.24) is 10.2 Å². The summed E-state index contributed by atoms with van der Waals surface area (Å²) < 4.78 is 0. The molecule has 2 amide bonds. The first-order valence-electron chi connectivity index (χ1n) is 5.95. The van der Waals surface area contributed by atoms with Crippen LogP contribution in [0.3, 0.4) is 0 Å². The number of aliphatic hydroxyl groups is 1. The quantitative estimate of drug-likeness (QED) is 0.751. The van der Waals surface area contributed by atoms with Crippen molar-refractivity contribution in [3.8, 4) is 11.8 Å².